The number of fused-ring (bicyclic) bond motifs is 1. The topological polar surface area (TPSA) is 38.4 Å². The number of pyridine rings is 1. The lowest BCUT2D eigenvalue weighted by Gasteiger charge is -2.58. The van der Waals surface area contributed by atoms with Crippen LogP contribution in [0.15, 0.2) is 42.6 Å². The zero-order chi connectivity index (χ0) is 21.0. The van der Waals surface area contributed by atoms with Gasteiger partial charge in [0.15, 0.2) is 0 Å². The molecular weight excluding hydrogens is 382 g/mol. The van der Waals surface area contributed by atoms with Crippen molar-refractivity contribution in [2.45, 2.75) is 26.3 Å². The van der Waals surface area contributed by atoms with Gasteiger partial charge >= 0.3 is 0 Å². The molecule has 2 saturated heterocycles. The van der Waals surface area contributed by atoms with Gasteiger partial charge in [0.05, 0.1) is 5.69 Å². The van der Waals surface area contributed by atoms with Crippen molar-refractivity contribution in [3.8, 4) is 11.3 Å². The Hall–Kier alpha value is -2.37. The van der Waals surface area contributed by atoms with Crippen molar-refractivity contribution in [1.29, 1.82) is 0 Å². The summed E-state index contributed by atoms with van der Waals surface area (Å²) in [6, 6.07) is 13.4. The van der Waals surface area contributed by atoms with E-state index < -0.39 is 0 Å². The molecule has 1 spiro atoms. The first-order chi connectivity index (χ1) is 15.1. The number of nitrogens with zero attached hydrogens (tertiary/aromatic N) is 4. The predicted octanol–water partition coefficient (Wildman–Crippen LogP) is 4.21. The maximum atomic E-state index is 4.76. The number of benzene rings is 1. The van der Waals surface area contributed by atoms with E-state index in [1.807, 2.05) is 6.20 Å². The molecule has 6 rings (SSSR count). The van der Waals surface area contributed by atoms with Crippen LogP contribution in [0.4, 0.5) is 5.69 Å². The number of hydrogen-bond acceptors (Lipinski definition) is 4. The molecule has 1 aromatic carbocycles. The van der Waals surface area contributed by atoms with Crippen LogP contribution in [-0.2, 0) is 6.54 Å². The van der Waals surface area contributed by atoms with Crippen LogP contribution < -0.4 is 4.90 Å². The monoisotopic (exact) mass is 415 g/mol. The van der Waals surface area contributed by atoms with Gasteiger partial charge < -0.3 is 14.8 Å². The van der Waals surface area contributed by atoms with E-state index in [0.29, 0.717) is 5.41 Å². The van der Waals surface area contributed by atoms with Crippen LogP contribution in [0, 0.1) is 11.3 Å². The van der Waals surface area contributed by atoms with E-state index in [4.69, 9.17) is 4.98 Å². The van der Waals surface area contributed by atoms with Gasteiger partial charge in [-0.05, 0) is 55.5 Å². The average Bonchev–Trinajstić information content (AvgIpc) is 3.14. The van der Waals surface area contributed by atoms with Gasteiger partial charge in [-0.15, -0.1) is 0 Å². The number of nitrogens with one attached hydrogen (secondary N) is 1. The number of piperazine rings is 1. The van der Waals surface area contributed by atoms with Gasteiger partial charge in [-0.2, -0.15) is 0 Å². The third-order valence-electron chi connectivity index (χ3n) is 7.69. The Morgan fingerprint density at radius 1 is 1.03 bits per heavy atom. The average molecular weight is 416 g/mol. The minimum atomic E-state index is 0.656. The van der Waals surface area contributed by atoms with Gasteiger partial charge in [0.1, 0.15) is 0 Å². The minimum Gasteiger partial charge on any atom is -0.369 e. The van der Waals surface area contributed by atoms with Crippen LogP contribution >= 0.6 is 0 Å². The normalized spacial score (nSPS) is 22.1. The van der Waals surface area contributed by atoms with Crippen molar-refractivity contribution in [2.24, 2.45) is 11.3 Å². The molecule has 162 valence electrons. The lowest BCUT2D eigenvalue weighted by atomic mass is 9.58. The number of likely N-dealkylation sites (tertiary alicyclic amines) is 1. The maximum Gasteiger partial charge on any atom is 0.0795 e. The van der Waals surface area contributed by atoms with Crippen LogP contribution in [0.3, 0.4) is 0 Å². The lowest BCUT2D eigenvalue weighted by Crippen LogP contribution is -2.61. The van der Waals surface area contributed by atoms with E-state index in [1.165, 1.54) is 53.8 Å². The molecule has 3 aliphatic rings. The quantitative estimate of drug-likeness (QED) is 0.693. The van der Waals surface area contributed by atoms with E-state index in [1.54, 1.807) is 0 Å². The molecule has 1 N–H and O–H groups in total. The Labute approximate surface area is 185 Å². The SMILES string of the molecule is CC1CC2(C1)CN(Cc1cc3c(-c4ccc(N5CCN(C)CC5)cc4)nccc3[nH]1)C2. The zero-order valence-electron chi connectivity index (χ0n) is 18.8. The van der Waals surface area contributed by atoms with Crippen molar-refractivity contribution < 1.29 is 0 Å². The first kappa shape index (κ1) is 19.3. The number of aromatic nitrogens is 2. The van der Waals surface area contributed by atoms with Gasteiger partial charge in [0.25, 0.3) is 0 Å². The molecule has 31 heavy (non-hydrogen) atoms. The van der Waals surface area contributed by atoms with Crippen LogP contribution in [-0.4, -0.2) is 66.1 Å². The van der Waals surface area contributed by atoms with E-state index in [-0.39, 0.29) is 0 Å². The molecule has 2 aromatic heterocycles. The molecule has 0 bridgehead atoms. The second kappa shape index (κ2) is 7.35. The Morgan fingerprint density at radius 2 is 1.77 bits per heavy atom. The van der Waals surface area contributed by atoms with Gasteiger partial charge in [-0.3, -0.25) is 9.88 Å². The van der Waals surface area contributed by atoms with Gasteiger partial charge in [0, 0.05) is 79.9 Å². The third kappa shape index (κ3) is 3.54. The highest BCUT2D eigenvalue weighted by Gasteiger charge is 2.50. The number of H-pyrrole nitrogens is 1. The van der Waals surface area contributed by atoms with Gasteiger partial charge in [0.2, 0.25) is 0 Å². The molecule has 3 aromatic rings. The summed E-state index contributed by atoms with van der Waals surface area (Å²) < 4.78 is 0. The molecule has 0 atom stereocenters. The summed E-state index contributed by atoms with van der Waals surface area (Å²) in [5, 5.41) is 1.23. The third-order valence-corrected chi connectivity index (χ3v) is 7.69. The molecule has 4 heterocycles. The lowest BCUT2D eigenvalue weighted by molar-refractivity contribution is -0.0935. The summed E-state index contributed by atoms with van der Waals surface area (Å²) in [6.07, 6.45) is 4.78. The molecule has 0 amide bonds. The Kier molecular flexibility index (Phi) is 4.58. The van der Waals surface area contributed by atoms with Crippen molar-refractivity contribution in [3.05, 3.63) is 48.3 Å². The zero-order valence-corrected chi connectivity index (χ0v) is 18.8. The molecule has 5 heteroatoms. The van der Waals surface area contributed by atoms with Gasteiger partial charge in [-0.1, -0.05) is 19.1 Å². The molecule has 3 fully saturated rings. The number of aromatic amines is 1. The molecule has 1 aliphatic carbocycles. The highest BCUT2D eigenvalue weighted by atomic mass is 15.2. The van der Waals surface area contributed by atoms with Crippen molar-refractivity contribution >= 4 is 16.6 Å². The number of likely N-dealkylation sites (N-methyl/N-ethyl adjacent to an activating group) is 1. The largest absolute Gasteiger partial charge is 0.369 e. The van der Waals surface area contributed by atoms with Crippen LogP contribution in [0.5, 0.6) is 0 Å². The van der Waals surface area contributed by atoms with Gasteiger partial charge in [-0.25, -0.2) is 0 Å². The Balaban J connectivity index is 1.19. The second-order valence-corrected chi connectivity index (χ2v) is 10.4. The van der Waals surface area contributed by atoms with E-state index in [9.17, 15) is 0 Å². The Bertz CT molecular complexity index is 1060. The Morgan fingerprint density at radius 3 is 2.48 bits per heavy atom. The van der Waals surface area contributed by atoms with E-state index in [0.717, 1.165) is 44.3 Å². The summed E-state index contributed by atoms with van der Waals surface area (Å²) >= 11 is 0. The minimum absolute atomic E-state index is 0.656. The van der Waals surface area contributed by atoms with E-state index >= 15 is 0 Å². The highest BCUT2D eigenvalue weighted by Crippen LogP contribution is 2.51. The fraction of sp³-hybridized carbons (Fsp3) is 0.500. The molecule has 0 unspecified atom stereocenters. The second-order valence-electron chi connectivity index (χ2n) is 10.4. The van der Waals surface area contributed by atoms with Crippen LogP contribution in [0.2, 0.25) is 0 Å². The molecule has 1 saturated carbocycles. The number of hydrogen-bond donors (Lipinski definition) is 1. The summed E-state index contributed by atoms with van der Waals surface area (Å²) in [7, 11) is 2.20. The maximum absolute atomic E-state index is 4.76. The summed E-state index contributed by atoms with van der Waals surface area (Å²) in [6.45, 7) is 10.4. The molecule has 0 radical (unpaired) electrons. The van der Waals surface area contributed by atoms with E-state index in [2.05, 4.69) is 70.1 Å². The van der Waals surface area contributed by atoms with Crippen molar-refractivity contribution in [1.82, 2.24) is 19.8 Å². The number of anilines is 1. The predicted molar refractivity (Wildman–Crippen MR) is 127 cm³/mol. The smallest absolute Gasteiger partial charge is 0.0795 e. The number of rotatable bonds is 4. The fourth-order valence-electron chi connectivity index (χ4n) is 6.25. The van der Waals surface area contributed by atoms with Crippen LogP contribution in [0.1, 0.15) is 25.5 Å². The standard InChI is InChI=1S/C26H33N5/c1-19-14-26(15-19)17-30(18-26)16-21-13-23-24(28-21)7-8-27-25(23)20-3-5-22(6-4-20)31-11-9-29(2)10-12-31/h3-8,13,19,28H,9-12,14-18H2,1-2H3. The first-order valence-electron chi connectivity index (χ1n) is 11.8. The van der Waals surface area contributed by atoms with Crippen molar-refractivity contribution in [3.63, 3.8) is 0 Å². The van der Waals surface area contributed by atoms with Crippen LogP contribution in [0.25, 0.3) is 22.2 Å². The summed E-state index contributed by atoms with van der Waals surface area (Å²) in [5.74, 6) is 0.937. The summed E-state index contributed by atoms with van der Waals surface area (Å²) in [5.41, 5.74) is 6.74. The molecule has 5 nitrogen and oxygen atoms in total. The fourth-order valence-corrected chi connectivity index (χ4v) is 6.25. The summed E-state index contributed by atoms with van der Waals surface area (Å²) in [4.78, 5) is 15.9. The molecular formula is C26H33N5. The molecule has 2 aliphatic heterocycles. The first-order valence-corrected chi connectivity index (χ1v) is 11.8. The van der Waals surface area contributed by atoms with Crippen molar-refractivity contribution in [2.75, 3.05) is 51.2 Å². The highest BCUT2D eigenvalue weighted by molar-refractivity contribution is 5.93.